The molecule has 1 aliphatic carbocycles. The van der Waals surface area contributed by atoms with Gasteiger partial charge in [0.25, 0.3) is 0 Å². The molecule has 1 aliphatic heterocycles. The summed E-state index contributed by atoms with van der Waals surface area (Å²) in [5.41, 5.74) is 1.35. The molecular formula is C15H24N2OS. The maximum atomic E-state index is 5.73. The third kappa shape index (κ3) is 3.18. The molecule has 0 amide bonds. The molecule has 1 N–H and O–H groups in total. The van der Waals surface area contributed by atoms with Crippen molar-refractivity contribution >= 4 is 11.3 Å². The molecule has 1 aromatic rings. The van der Waals surface area contributed by atoms with Crippen molar-refractivity contribution in [2.45, 2.75) is 64.0 Å². The molecule has 0 radical (unpaired) electrons. The summed E-state index contributed by atoms with van der Waals surface area (Å²) in [7, 11) is 0. The van der Waals surface area contributed by atoms with Crippen LogP contribution in [0.1, 0.15) is 60.6 Å². The first-order valence-corrected chi connectivity index (χ1v) is 8.52. The Kier molecular flexibility index (Phi) is 4.51. The molecule has 0 aromatic carbocycles. The molecule has 2 unspecified atom stereocenters. The normalized spacial score (nSPS) is 26.6. The fourth-order valence-electron chi connectivity index (χ4n) is 3.07. The van der Waals surface area contributed by atoms with Crippen LogP contribution in [0.2, 0.25) is 0 Å². The zero-order valence-electron chi connectivity index (χ0n) is 11.8. The minimum absolute atomic E-state index is 0.426. The van der Waals surface area contributed by atoms with Crippen LogP contribution in [-0.4, -0.2) is 24.2 Å². The van der Waals surface area contributed by atoms with Gasteiger partial charge < -0.3 is 10.1 Å². The molecule has 1 fully saturated rings. The molecule has 4 heteroatoms. The molecule has 2 heterocycles. The highest BCUT2D eigenvalue weighted by molar-refractivity contribution is 7.11. The molecule has 2 aliphatic rings. The van der Waals surface area contributed by atoms with Gasteiger partial charge >= 0.3 is 0 Å². The van der Waals surface area contributed by atoms with Crippen LogP contribution in [0, 0.1) is 0 Å². The zero-order chi connectivity index (χ0) is 13.1. The van der Waals surface area contributed by atoms with E-state index in [9.17, 15) is 0 Å². The van der Waals surface area contributed by atoms with Gasteiger partial charge in [-0.05, 0) is 45.1 Å². The van der Waals surface area contributed by atoms with Crippen molar-refractivity contribution in [1.29, 1.82) is 0 Å². The SMILES string of the molecule is CCCNC1CCCc2sc(CC3CCCO3)nc21. The molecule has 0 saturated carbocycles. The lowest BCUT2D eigenvalue weighted by atomic mass is 9.97. The van der Waals surface area contributed by atoms with Crippen LogP contribution in [0.15, 0.2) is 0 Å². The lowest BCUT2D eigenvalue weighted by molar-refractivity contribution is 0.111. The molecule has 0 spiro atoms. The molecule has 19 heavy (non-hydrogen) atoms. The first-order chi connectivity index (χ1) is 9.36. The first-order valence-electron chi connectivity index (χ1n) is 7.70. The van der Waals surface area contributed by atoms with E-state index in [1.165, 1.54) is 54.1 Å². The zero-order valence-corrected chi connectivity index (χ0v) is 12.6. The highest BCUT2D eigenvalue weighted by Crippen LogP contribution is 2.34. The molecule has 2 atom stereocenters. The quantitative estimate of drug-likeness (QED) is 0.899. The summed E-state index contributed by atoms with van der Waals surface area (Å²) >= 11 is 1.93. The third-order valence-electron chi connectivity index (χ3n) is 4.07. The van der Waals surface area contributed by atoms with Crippen LogP contribution in [0.4, 0.5) is 0 Å². The van der Waals surface area contributed by atoms with Gasteiger partial charge in [0.15, 0.2) is 0 Å². The summed E-state index contributed by atoms with van der Waals surface area (Å²) in [6, 6.07) is 0.498. The number of thiazole rings is 1. The third-order valence-corrected chi connectivity index (χ3v) is 5.22. The Morgan fingerprint density at radius 1 is 1.37 bits per heavy atom. The van der Waals surface area contributed by atoms with Crippen molar-refractivity contribution in [3.05, 3.63) is 15.6 Å². The highest BCUT2D eigenvalue weighted by Gasteiger charge is 2.25. The van der Waals surface area contributed by atoms with E-state index >= 15 is 0 Å². The van der Waals surface area contributed by atoms with E-state index < -0.39 is 0 Å². The second-order valence-corrected chi connectivity index (χ2v) is 6.82. The molecular weight excluding hydrogens is 256 g/mol. The number of rotatable bonds is 5. The van der Waals surface area contributed by atoms with E-state index in [0.29, 0.717) is 12.1 Å². The van der Waals surface area contributed by atoms with Crippen molar-refractivity contribution in [3.63, 3.8) is 0 Å². The number of nitrogens with zero attached hydrogens (tertiary/aromatic N) is 1. The minimum Gasteiger partial charge on any atom is -0.378 e. The van der Waals surface area contributed by atoms with Crippen molar-refractivity contribution in [2.75, 3.05) is 13.2 Å². The van der Waals surface area contributed by atoms with Crippen molar-refractivity contribution in [3.8, 4) is 0 Å². The van der Waals surface area contributed by atoms with E-state index in [4.69, 9.17) is 9.72 Å². The predicted octanol–water partition coefficient (Wildman–Crippen LogP) is 3.24. The van der Waals surface area contributed by atoms with Crippen LogP contribution < -0.4 is 5.32 Å². The van der Waals surface area contributed by atoms with Gasteiger partial charge in [0.1, 0.15) is 0 Å². The minimum atomic E-state index is 0.426. The maximum absolute atomic E-state index is 5.73. The highest BCUT2D eigenvalue weighted by atomic mass is 32.1. The monoisotopic (exact) mass is 280 g/mol. The fraction of sp³-hybridized carbons (Fsp3) is 0.800. The number of fused-ring (bicyclic) bond motifs is 1. The van der Waals surface area contributed by atoms with Gasteiger partial charge in [-0.15, -0.1) is 11.3 Å². The number of nitrogens with one attached hydrogen (secondary N) is 1. The Morgan fingerprint density at radius 2 is 2.32 bits per heavy atom. The van der Waals surface area contributed by atoms with Gasteiger partial charge in [0, 0.05) is 17.9 Å². The van der Waals surface area contributed by atoms with E-state index in [2.05, 4.69) is 12.2 Å². The summed E-state index contributed by atoms with van der Waals surface area (Å²) in [6.45, 7) is 4.26. The standard InChI is InChI=1S/C15H24N2OS/c1-2-8-16-12-6-3-7-13-15(12)17-14(19-13)10-11-5-4-9-18-11/h11-12,16H,2-10H2,1H3. The molecule has 1 aromatic heterocycles. The molecule has 106 valence electrons. The van der Waals surface area contributed by atoms with Crippen LogP contribution in [0.25, 0.3) is 0 Å². The summed E-state index contributed by atoms with van der Waals surface area (Å²) in [4.78, 5) is 6.45. The molecule has 0 bridgehead atoms. The largest absolute Gasteiger partial charge is 0.378 e. The van der Waals surface area contributed by atoms with Crippen LogP contribution in [0.5, 0.6) is 0 Å². The number of aryl methyl sites for hydroxylation is 1. The Bertz CT molecular complexity index is 412. The number of hydrogen-bond acceptors (Lipinski definition) is 4. The van der Waals surface area contributed by atoms with E-state index in [1.807, 2.05) is 11.3 Å². The van der Waals surface area contributed by atoms with Crippen molar-refractivity contribution < 1.29 is 4.74 Å². The molecule has 3 rings (SSSR count). The van der Waals surface area contributed by atoms with Crippen LogP contribution in [0.3, 0.4) is 0 Å². The van der Waals surface area contributed by atoms with Crippen molar-refractivity contribution in [2.24, 2.45) is 0 Å². The van der Waals surface area contributed by atoms with Gasteiger partial charge in [-0.3, -0.25) is 0 Å². The lowest BCUT2D eigenvalue weighted by Crippen LogP contribution is -2.25. The van der Waals surface area contributed by atoms with Gasteiger partial charge in [-0.1, -0.05) is 6.92 Å². The summed E-state index contributed by atoms with van der Waals surface area (Å²) in [5, 5.41) is 4.94. The van der Waals surface area contributed by atoms with Gasteiger partial charge in [-0.25, -0.2) is 4.98 Å². The average Bonchev–Trinajstić information content (AvgIpc) is 3.05. The smallest absolute Gasteiger partial charge is 0.0957 e. The Hall–Kier alpha value is -0.450. The number of hydrogen-bond donors (Lipinski definition) is 1. The Labute approximate surface area is 119 Å². The predicted molar refractivity (Wildman–Crippen MR) is 78.8 cm³/mol. The van der Waals surface area contributed by atoms with E-state index in [1.54, 1.807) is 0 Å². The topological polar surface area (TPSA) is 34.1 Å². The van der Waals surface area contributed by atoms with Gasteiger partial charge in [0.05, 0.1) is 22.8 Å². The Balaban J connectivity index is 1.69. The van der Waals surface area contributed by atoms with Crippen molar-refractivity contribution in [1.82, 2.24) is 10.3 Å². The molecule has 1 saturated heterocycles. The van der Waals surface area contributed by atoms with Crippen LogP contribution in [-0.2, 0) is 17.6 Å². The number of aromatic nitrogens is 1. The second-order valence-electron chi connectivity index (χ2n) is 5.65. The Morgan fingerprint density at radius 3 is 3.11 bits per heavy atom. The first kappa shape index (κ1) is 13.5. The van der Waals surface area contributed by atoms with Crippen LogP contribution >= 0.6 is 11.3 Å². The second kappa shape index (κ2) is 6.33. The van der Waals surface area contributed by atoms with Gasteiger partial charge in [-0.2, -0.15) is 0 Å². The lowest BCUT2D eigenvalue weighted by Gasteiger charge is -2.22. The number of ether oxygens (including phenoxy) is 1. The average molecular weight is 280 g/mol. The van der Waals surface area contributed by atoms with E-state index in [-0.39, 0.29) is 0 Å². The van der Waals surface area contributed by atoms with Gasteiger partial charge in [0.2, 0.25) is 0 Å². The maximum Gasteiger partial charge on any atom is 0.0957 e. The van der Waals surface area contributed by atoms with E-state index in [0.717, 1.165) is 19.6 Å². The fourth-order valence-corrected chi connectivity index (χ4v) is 4.31. The molecule has 3 nitrogen and oxygen atoms in total. The summed E-state index contributed by atoms with van der Waals surface area (Å²) < 4.78 is 5.73. The summed E-state index contributed by atoms with van der Waals surface area (Å²) in [6.07, 6.45) is 8.85. The summed E-state index contributed by atoms with van der Waals surface area (Å²) in [5.74, 6) is 0.